The van der Waals surface area contributed by atoms with Crippen molar-refractivity contribution < 1.29 is 4.79 Å². The largest absolute Gasteiger partial charge is 0.326 e. The molecule has 1 aromatic rings. The molecule has 19 heavy (non-hydrogen) atoms. The molecule has 1 amide bonds. The number of anilines is 1. The second-order valence-electron chi connectivity index (χ2n) is 5.73. The highest BCUT2D eigenvalue weighted by molar-refractivity contribution is 5.88. The number of carbonyl (C=O) groups is 1. The van der Waals surface area contributed by atoms with Gasteiger partial charge in [0.1, 0.15) is 0 Å². The number of amides is 1. The zero-order chi connectivity index (χ0) is 13.8. The highest BCUT2D eigenvalue weighted by Crippen LogP contribution is 2.28. The van der Waals surface area contributed by atoms with Crippen LogP contribution < -0.4 is 5.32 Å². The van der Waals surface area contributed by atoms with Gasteiger partial charge < -0.3 is 5.32 Å². The number of hydrogen-bond donors (Lipinski definition) is 1. The molecule has 1 saturated carbocycles. The fraction of sp³-hybridized carbons (Fsp3) is 0.562. The van der Waals surface area contributed by atoms with Gasteiger partial charge in [0, 0.05) is 31.2 Å². The first-order valence-corrected chi connectivity index (χ1v) is 7.18. The van der Waals surface area contributed by atoms with Crippen molar-refractivity contribution in [2.75, 3.05) is 5.32 Å². The SMILES string of the molecule is CC(=O)Nc1cccc(CN(C(C)C)C2CCC2)c1. The van der Waals surface area contributed by atoms with Gasteiger partial charge in [0.25, 0.3) is 0 Å². The van der Waals surface area contributed by atoms with Crippen molar-refractivity contribution in [2.24, 2.45) is 0 Å². The van der Waals surface area contributed by atoms with E-state index < -0.39 is 0 Å². The fourth-order valence-corrected chi connectivity index (χ4v) is 2.61. The van der Waals surface area contributed by atoms with E-state index in [4.69, 9.17) is 0 Å². The van der Waals surface area contributed by atoms with Gasteiger partial charge in [-0.2, -0.15) is 0 Å². The van der Waals surface area contributed by atoms with Crippen molar-refractivity contribution in [3.63, 3.8) is 0 Å². The summed E-state index contributed by atoms with van der Waals surface area (Å²) in [4.78, 5) is 13.7. The summed E-state index contributed by atoms with van der Waals surface area (Å²) < 4.78 is 0. The zero-order valence-electron chi connectivity index (χ0n) is 12.1. The van der Waals surface area contributed by atoms with E-state index in [2.05, 4.69) is 36.2 Å². The van der Waals surface area contributed by atoms with E-state index in [1.165, 1.54) is 24.8 Å². The summed E-state index contributed by atoms with van der Waals surface area (Å²) in [6, 6.07) is 9.47. The van der Waals surface area contributed by atoms with Crippen LogP contribution >= 0.6 is 0 Å². The van der Waals surface area contributed by atoms with Gasteiger partial charge in [0.2, 0.25) is 5.91 Å². The number of carbonyl (C=O) groups excluding carboxylic acids is 1. The highest BCUT2D eigenvalue weighted by Gasteiger charge is 2.26. The Balaban J connectivity index is 2.05. The lowest BCUT2D eigenvalue weighted by Gasteiger charge is -2.40. The average molecular weight is 260 g/mol. The molecule has 0 heterocycles. The predicted molar refractivity (Wildman–Crippen MR) is 79.1 cm³/mol. The molecule has 104 valence electrons. The number of nitrogens with one attached hydrogen (secondary N) is 1. The summed E-state index contributed by atoms with van der Waals surface area (Å²) in [5.41, 5.74) is 2.16. The van der Waals surface area contributed by atoms with Crippen LogP contribution in [0.2, 0.25) is 0 Å². The number of rotatable bonds is 5. The van der Waals surface area contributed by atoms with E-state index in [0.717, 1.165) is 18.3 Å². The smallest absolute Gasteiger partial charge is 0.221 e. The molecule has 0 spiro atoms. The van der Waals surface area contributed by atoms with Crippen molar-refractivity contribution in [1.82, 2.24) is 4.90 Å². The van der Waals surface area contributed by atoms with Crippen LogP contribution in [-0.4, -0.2) is 22.9 Å². The van der Waals surface area contributed by atoms with Crippen LogP contribution in [0.5, 0.6) is 0 Å². The summed E-state index contributed by atoms with van der Waals surface area (Å²) in [6.45, 7) is 7.03. The molecule has 3 heteroatoms. The van der Waals surface area contributed by atoms with Crippen LogP contribution in [0.3, 0.4) is 0 Å². The Bertz CT molecular complexity index is 438. The number of nitrogens with zero attached hydrogens (tertiary/aromatic N) is 1. The Morgan fingerprint density at radius 2 is 2.16 bits per heavy atom. The topological polar surface area (TPSA) is 32.3 Å². The van der Waals surface area contributed by atoms with Gasteiger partial charge in [-0.05, 0) is 44.4 Å². The molecule has 2 rings (SSSR count). The molecule has 3 nitrogen and oxygen atoms in total. The third kappa shape index (κ3) is 3.80. The minimum absolute atomic E-state index is 0.0168. The first-order chi connectivity index (χ1) is 9.06. The molecular formula is C16H24N2O. The maximum atomic E-state index is 11.1. The summed E-state index contributed by atoms with van der Waals surface area (Å²) in [6.07, 6.45) is 4.01. The van der Waals surface area contributed by atoms with E-state index in [9.17, 15) is 4.79 Å². The molecule has 0 bridgehead atoms. The fourth-order valence-electron chi connectivity index (χ4n) is 2.61. The normalized spacial score (nSPS) is 15.6. The van der Waals surface area contributed by atoms with E-state index in [0.29, 0.717) is 6.04 Å². The average Bonchev–Trinajstić information content (AvgIpc) is 2.25. The summed E-state index contributed by atoms with van der Waals surface area (Å²) in [7, 11) is 0. The molecule has 0 saturated heterocycles. The molecule has 0 atom stereocenters. The molecule has 0 unspecified atom stereocenters. The van der Waals surface area contributed by atoms with Crippen LogP contribution in [0.4, 0.5) is 5.69 Å². The second-order valence-corrected chi connectivity index (χ2v) is 5.73. The van der Waals surface area contributed by atoms with Gasteiger partial charge in [0.05, 0.1) is 0 Å². The molecule has 1 aliphatic rings. The number of benzene rings is 1. The van der Waals surface area contributed by atoms with Crippen LogP contribution in [0.1, 0.15) is 45.6 Å². The van der Waals surface area contributed by atoms with Crippen LogP contribution in [0.25, 0.3) is 0 Å². The lowest BCUT2D eigenvalue weighted by molar-refractivity contribution is -0.114. The molecule has 0 aliphatic heterocycles. The Kier molecular flexibility index (Phi) is 4.59. The Morgan fingerprint density at radius 3 is 2.68 bits per heavy atom. The monoisotopic (exact) mass is 260 g/mol. The minimum Gasteiger partial charge on any atom is -0.326 e. The quantitative estimate of drug-likeness (QED) is 0.880. The third-order valence-electron chi connectivity index (χ3n) is 3.82. The lowest BCUT2D eigenvalue weighted by atomic mass is 9.90. The van der Waals surface area contributed by atoms with Crippen molar-refractivity contribution in [3.05, 3.63) is 29.8 Å². The Labute approximate surface area is 116 Å². The summed E-state index contributed by atoms with van der Waals surface area (Å²) in [5, 5.41) is 2.85. The third-order valence-corrected chi connectivity index (χ3v) is 3.82. The standard InChI is InChI=1S/C16H24N2O/c1-12(2)18(16-8-5-9-16)11-14-6-4-7-15(10-14)17-13(3)19/h4,6-7,10,12,16H,5,8-9,11H2,1-3H3,(H,17,19). The van der Waals surface area contributed by atoms with Crippen LogP contribution in [0.15, 0.2) is 24.3 Å². The molecule has 1 N–H and O–H groups in total. The van der Waals surface area contributed by atoms with Gasteiger partial charge >= 0.3 is 0 Å². The van der Waals surface area contributed by atoms with Gasteiger partial charge in [-0.25, -0.2) is 0 Å². The van der Waals surface area contributed by atoms with Crippen molar-refractivity contribution in [2.45, 2.75) is 58.7 Å². The first kappa shape index (κ1) is 14.1. The van der Waals surface area contributed by atoms with Gasteiger partial charge in [-0.15, -0.1) is 0 Å². The van der Waals surface area contributed by atoms with Gasteiger partial charge in [0.15, 0.2) is 0 Å². The highest BCUT2D eigenvalue weighted by atomic mass is 16.1. The predicted octanol–water partition coefficient (Wildman–Crippen LogP) is 3.41. The van der Waals surface area contributed by atoms with Crippen LogP contribution in [0, 0.1) is 0 Å². The Morgan fingerprint density at radius 1 is 1.42 bits per heavy atom. The van der Waals surface area contributed by atoms with E-state index in [-0.39, 0.29) is 5.91 Å². The molecule has 1 aliphatic carbocycles. The Hall–Kier alpha value is -1.35. The van der Waals surface area contributed by atoms with E-state index in [1.807, 2.05) is 12.1 Å². The van der Waals surface area contributed by atoms with Gasteiger partial charge in [-0.3, -0.25) is 9.69 Å². The molecule has 0 aromatic heterocycles. The summed E-state index contributed by atoms with van der Waals surface area (Å²) in [5.74, 6) is -0.0168. The van der Waals surface area contributed by atoms with E-state index in [1.54, 1.807) is 6.92 Å². The summed E-state index contributed by atoms with van der Waals surface area (Å²) >= 11 is 0. The molecule has 0 radical (unpaired) electrons. The molecule has 1 fully saturated rings. The maximum absolute atomic E-state index is 11.1. The van der Waals surface area contributed by atoms with E-state index >= 15 is 0 Å². The zero-order valence-corrected chi connectivity index (χ0v) is 12.1. The van der Waals surface area contributed by atoms with Gasteiger partial charge in [-0.1, -0.05) is 18.6 Å². The minimum atomic E-state index is -0.0168. The second kappa shape index (κ2) is 6.20. The first-order valence-electron chi connectivity index (χ1n) is 7.18. The lowest BCUT2D eigenvalue weighted by Crippen LogP contribution is -2.43. The molecular weight excluding hydrogens is 236 g/mol. The molecule has 1 aromatic carbocycles. The number of hydrogen-bond acceptors (Lipinski definition) is 2. The van der Waals surface area contributed by atoms with Crippen LogP contribution in [-0.2, 0) is 11.3 Å². The van der Waals surface area contributed by atoms with Crippen molar-refractivity contribution in [3.8, 4) is 0 Å². The van der Waals surface area contributed by atoms with Crippen molar-refractivity contribution in [1.29, 1.82) is 0 Å². The maximum Gasteiger partial charge on any atom is 0.221 e. The van der Waals surface area contributed by atoms with Crippen molar-refractivity contribution >= 4 is 11.6 Å².